The lowest BCUT2D eigenvalue weighted by Gasteiger charge is -2.21. The van der Waals surface area contributed by atoms with E-state index < -0.39 is 6.04 Å². The van der Waals surface area contributed by atoms with Crippen LogP contribution in [0.2, 0.25) is 0 Å². The number of hydrogen-bond donors (Lipinski definition) is 2. The fourth-order valence-electron chi connectivity index (χ4n) is 1.88. The number of benzene rings is 1. The summed E-state index contributed by atoms with van der Waals surface area (Å²) in [6.07, 6.45) is 1.74. The summed E-state index contributed by atoms with van der Waals surface area (Å²) >= 11 is 0. The van der Waals surface area contributed by atoms with E-state index in [1.165, 1.54) is 0 Å². The number of nitrogens with zero attached hydrogens (tertiary/aromatic N) is 1. The Hall–Kier alpha value is -2.20. The summed E-state index contributed by atoms with van der Waals surface area (Å²) in [7, 11) is 0. The zero-order chi connectivity index (χ0) is 13.7. The molecule has 0 bridgehead atoms. The average Bonchev–Trinajstić information content (AvgIpc) is 2.46. The molecule has 0 aliphatic carbocycles. The number of primary amides is 1. The van der Waals surface area contributed by atoms with Gasteiger partial charge in [-0.3, -0.25) is 15.1 Å². The maximum absolute atomic E-state index is 11.2. The molecule has 19 heavy (non-hydrogen) atoms. The fraction of sp³-hybridized carbons (Fsp3) is 0.200. The van der Waals surface area contributed by atoms with Gasteiger partial charge in [-0.05, 0) is 24.6 Å². The summed E-state index contributed by atoms with van der Waals surface area (Å²) < 4.78 is 0. The second kappa shape index (κ2) is 6.11. The Kier molecular flexibility index (Phi) is 4.26. The van der Waals surface area contributed by atoms with Gasteiger partial charge in [0.1, 0.15) is 0 Å². The SMILES string of the molecule is C[C@H](N[C@@H](c1ccccc1)c1ccccn1)C(N)=O. The Bertz CT molecular complexity index is 488. The van der Waals surface area contributed by atoms with Gasteiger partial charge in [-0.1, -0.05) is 36.4 Å². The first-order valence-corrected chi connectivity index (χ1v) is 6.19. The molecule has 3 N–H and O–H groups in total. The van der Waals surface area contributed by atoms with Crippen LogP contribution in [0.25, 0.3) is 0 Å². The molecule has 2 rings (SSSR count). The molecule has 2 atom stereocenters. The van der Waals surface area contributed by atoms with Gasteiger partial charge in [0.05, 0.1) is 17.8 Å². The number of rotatable bonds is 5. The number of nitrogens with two attached hydrogens (primary N) is 1. The minimum Gasteiger partial charge on any atom is -0.368 e. The first kappa shape index (κ1) is 13.2. The van der Waals surface area contributed by atoms with Gasteiger partial charge in [-0.25, -0.2) is 0 Å². The van der Waals surface area contributed by atoms with Crippen LogP contribution in [0.4, 0.5) is 0 Å². The van der Waals surface area contributed by atoms with Crippen LogP contribution in [-0.4, -0.2) is 16.9 Å². The third kappa shape index (κ3) is 3.39. The van der Waals surface area contributed by atoms with Gasteiger partial charge in [-0.15, -0.1) is 0 Å². The van der Waals surface area contributed by atoms with Crippen molar-refractivity contribution in [1.82, 2.24) is 10.3 Å². The Morgan fingerprint density at radius 1 is 1.16 bits per heavy atom. The zero-order valence-corrected chi connectivity index (χ0v) is 10.8. The highest BCUT2D eigenvalue weighted by molar-refractivity contribution is 5.79. The van der Waals surface area contributed by atoms with E-state index in [-0.39, 0.29) is 11.9 Å². The van der Waals surface area contributed by atoms with Crippen molar-refractivity contribution in [1.29, 1.82) is 0 Å². The molecule has 1 heterocycles. The average molecular weight is 255 g/mol. The summed E-state index contributed by atoms with van der Waals surface area (Å²) in [6, 6.07) is 15.0. The highest BCUT2D eigenvalue weighted by Gasteiger charge is 2.19. The Balaban J connectivity index is 2.32. The van der Waals surface area contributed by atoms with Crippen LogP contribution in [0.15, 0.2) is 54.7 Å². The molecule has 0 aliphatic rings. The second-order valence-corrected chi connectivity index (χ2v) is 4.39. The Morgan fingerprint density at radius 3 is 2.42 bits per heavy atom. The smallest absolute Gasteiger partial charge is 0.234 e. The standard InChI is InChI=1S/C15H17N3O/c1-11(15(16)19)18-14(12-7-3-2-4-8-12)13-9-5-6-10-17-13/h2-11,14,18H,1H3,(H2,16,19)/t11-,14-/m0/s1. The third-order valence-electron chi connectivity index (χ3n) is 2.96. The maximum atomic E-state index is 11.2. The number of amides is 1. The maximum Gasteiger partial charge on any atom is 0.234 e. The van der Waals surface area contributed by atoms with Crippen LogP contribution in [0, 0.1) is 0 Å². The van der Waals surface area contributed by atoms with E-state index >= 15 is 0 Å². The van der Waals surface area contributed by atoms with E-state index in [1.54, 1.807) is 13.1 Å². The molecule has 0 fully saturated rings. The molecule has 0 spiro atoms. The van der Waals surface area contributed by atoms with Crippen molar-refractivity contribution in [2.45, 2.75) is 19.0 Å². The lowest BCUT2D eigenvalue weighted by molar-refractivity contribution is -0.119. The number of hydrogen-bond acceptors (Lipinski definition) is 3. The van der Waals surface area contributed by atoms with Crippen LogP contribution in [0.5, 0.6) is 0 Å². The van der Waals surface area contributed by atoms with Crippen molar-refractivity contribution in [2.24, 2.45) is 5.73 Å². The van der Waals surface area contributed by atoms with Gasteiger partial charge in [0.2, 0.25) is 5.91 Å². The van der Waals surface area contributed by atoms with Crippen molar-refractivity contribution >= 4 is 5.91 Å². The largest absolute Gasteiger partial charge is 0.368 e. The first-order chi connectivity index (χ1) is 9.18. The lowest BCUT2D eigenvalue weighted by atomic mass is 10.0. The summed E-state index contributed by atoms with van der Waals surface area (Å²) in [5.41, 5.74) is 7.23. The van der Waals surface area contributed by atoms with Gasteiger partial charge in [0.15, 0.2) is 0 Å². The first-order valence-electron chi connectivity index (χ1n) is 6.19. The Morgan fingerprint density at radius 2 is 1.84 bits per heavy atom. The normalized spacial score (nSPS) is 13.7. The minimum atomic E-state index is -0.424. The number of aromatic nitrogens is 1. The van der Waals surface area contributed by atoms with E-state index in [2.05, 4.69) is 10.3 Å². The van der Waals surface area contributed by atoms with Gasteiger partial charge in [0, 0.05) is 6.20 Å². The van der Waals surface area contributed by atoms with Crippen LogP contribution in [0.3, 0.4) is 0 Å². The molecule has 0 saturated carbocycles. The predicted molar refractivity (Wildman–Crippen MR) is 74.3 cm³/mol. The fourth-order valence-corrected chi connectivity index (χ4v) is 1.88. The molecule has 0 unspecified atom stereocenters. The molecule has 0 aliphatic heterocycles. The van der Waals surface area contributed by atoms with Gasteiger partial charge < -0.3 is 5.73 Å². The van der Waals surface area contributed by atoms with Gasteiger partial charge in [0.25, 0.3) is 0 Å². The van der Waals surface area contributed by atoms with E-state index in [1.807, 2.05) is 48.5 Å². The van der Waals surface area contributed by atoms with Crippen molar-refractivity contribution in [3.8, 4) is 0 Å². The molecule has 4 nitrogen and oxygen atoms in total. The third-order valence-corrected chi connectivity index (χ3v) is 2.96. The van der Waals surface area contributed by atoms with E-state index in [9.17, 15) is 4.79 Å². The molecule has 2 aromatic rings. The number of carbonyl (C=O) groups excluding carboxylic acids is 1. The van der Waals surface area contributed by atoms with Crippen molar-refractivity contribution in [3.63, 3.8) is 0 Å². The van der Waals surface area contributed by atoms with Crippen molar-refractivity contribution in [3.05, 3.63) is 66.0 Å². The van der Waals surface area contributed by atoms with Crippen LogP contribution in [0.1, 0.15) is 24.2 Å². The van der Waals surface area contributed by atoms with Crippen molar-refractivity contribution in [2.75, 3.05) is 0 Å². The number of pyridine rings is 1. The highest BCUT2D eigenvalue weighted by Crippen LogP contribution is 2.20. The monoisotopic (exact) mass is 255 g/mol. The number of carbonyl (C=O) groups is 1. The molecule has 1 amide bonds. The molecule has 0 radical (unpaired) electrons. The van der Waals surface area contributed by atoms with E-state index in [4.69, 9.17) is 5.73 Å². The quantitative estimate of drug-likeness (QED) is 0.853. The van der Waals surface area contributed by atoms with E-state index in [0.717, 1.165) is 11.3 Å². The predicted octanol–water partition coefficient (Wildman–Crippen LogP) is 1.63. The molecule has 0 saturated heterocycles. The highest BCUT2D eigenvalue weighted by atomic mass is 16.1. The van der Waals surface area contributed by atoms with Crippen LogP contribution < -0.4 is 11.1 Å². The van der Waals surface area contributed by atoms with Crippen LogP contribution in [-0.2, 0) is 4.79 Å². The van der Waals surface area contributed by atoms with Gasteiger partial charge in [-0.2, -0.15) is 0 Å². The lowest BCUT2D eigenvalue weighted by Crippen LogP contribution is -2.41. The summed E-state index contributed by atoms with van der Waals surface area (Å²) in [5, 5.41) is 3.21. The molecule has 1 aromatic carbocycles. The topological polar surface area (TPSA) is 68.0 Å². The van der Waals surface area contributed by atoms with Crippen LogP contribution >= 0.6 is 0 Å². The Labute approximate surface area is 112 Å². The summed E-state index contributed by atoms with van der Waals surface area (Å²) in [6.45, 7) is 1.75. The number of nitrogens with one attached hydrogen (secondary N) is 1. The molecular formula is C15H17N3O. The second-order valence-electron chi connectivity index (χ2n) is 4.39. The van der Waals surface area contributed by atoms with E-state index in [0.29, 0.717) is 0 Å². The zero-order valence-electron chi connectivity index (χ0n) is 10.8. The summed E-state index contributed by atoms with van der Waals surface area (Å²) in [5.74, 6) is -0.378. The van der Waals surface area contributed by atoms with Crippen molar-refractivity contribution < 1.29 is 4.79 Å². The summed E-state index contributed by atoms with van der Waals surface area (Å²) in [4.78, 5) is 15.6. The molecule has 1 aromatic heterocycles. The minimum absolute atomic E-state index is 0.148. The molecule has 98 valence electrons. The molecular weight excluding hydrogens is 238 g/mol. The van der Waals surface area contributed by atoms with Gasteiger partial charge >= 0.3 is 0 Å². The molecule has 4 heteroatoms.